The normalized spacial score (nSPS) is 23.2. The summed E-state index contributed by atoms with van der Waals surface area (Å²) in [6, 6.07) is -0.817. The third kappa shape index (κ3) is 21.3. The predicted molar refractivity (Wildman–Crippen MR) is 193 cm³/mol. The highest BCUT2D eigenvalue weighted by molar-refractivity contribution is 5.76. The van der Waals surface area contributed by atoms with Crippen molar-refractivity contribution in [2.75, 3.05) is 13.2 Å². The number of hydrogen-bond donors (Lipinski definition) is 6. The molecule has 7 atom stereocenters. The summed E-state index contributed by atoms with van der Waals surface area (Å²) in [5, 5.41) is 53.8. The Morgan fingerprint density at radius 2 is 1.29 bits per heavy atom. The number of amides is 1. The molecule has 1 heterocycles. The molecule has 1 saturated heterocycles. The van der Waals surface area contributed by atoms with Crippen LogP contribution in [0.1, 0.15) is 136 Å². The van der Waals surface area contributed by atoms with Crippen LogP contribution in [0.4, 0.5) is 0 Å². The molecular formula is C39H69NO8. The van der Waals surface area contributed by atoms with E-state index in [1.54, 1.807) is 6.08 Å². The van der Waals surface area contributed by atoms with Gasteiger partial charge in [0.2, 0.25) is 5.91 Å². The number of nitrogens with one attached hydrogen (secondary N) is 1. The van der Waals surface area contributed by atoms with E-state index in [9.17, 15) is 30.3 Å². The van der Waals surface area contributed by atoms with Gasteiger partial charge in [-0.05, 0) is 51.4 Å². The first-order valence-electron chi connectivity index (χ1n) is 18.9. The van der Waals surface area contributed by atoms with Crippen molar-refractivity contribution in [1.29, 1.82) is 0 Å². The molecule has 9 nitrogen and oxygen atoms in total. The lowest BCUT2D eigenvalue weighted by atomic mass is 9.99. The zero-order valence-corrected chi connectivity index (χ0v) is 30.0. The fraction of sp³-hybridized carbons (Fsp3) is 0.769. The average Bonchev–Trinajstić information content (AvgIpc) is 3.08. The third-order valence-corrected chi connectivity index (χ3v) is 8.66. The van der Waals surface area contributed by atoms with Gasteiger partial charge in [-0.2, -0.15) is 0 Å². The fourth-order valence-electron chi connectivity index (χ4n) is 5.58. The first kappa shape index (κ1) is 44.2. The zero-order valence-electron chi connectivity index (χ0n) is 30.0. The van der Waals surface area contributed by atoms with Crippen LogP contribution in [0.2, 0.25) is 0 Å². The largest absolute Gasteiger partial charge is 0.394 e. The maximum atomic E-state index is 12.8. The van der Waals surface area contributed by atoms with Gasteiger partial charge in [-0.1, -0.05) is 127 Å². The molecule has 0 aromatic heterocycles. The molecule has 6 N–H and O–H groups in total. The predicted octanol–water partition coefficient (Wildman–Crippen LogP) is 6.33. The van der Waals surface area contributed by atoms with E-state index < -0.39 is 49.5 Å². The zero-order chi connectivity index (χ0) is 35.2. The summed E-state index contributed by atoms with van der Waals surface area (Å²) in [5.41, 5.74) is 0. The smallest absolute Gasteiger partial charge is 0.220 e. The molecule has 0 aromatic rings. The van der Waals surface area contributed by atoms with Crippen LogP contribution < -0.4 is 5.32 Å². The topological polar surface area (TPSA) is 149 Å². The second-order valence-corrected chi connectivity index (χ2v) is 13.0. The Labute approximate surface area is 291 Å². The van der Waals surface area contributed by atoms with Crippen LogP contribution in [0, 0.1) is 0 Å². The van der Waals surface area contributed by atoms with Crippen LogP contribution in [0.25, 0.3) is 0 Å². The summed E-state index contributed by atoms with van der Waals surface area (Å²) in [6.45, 7) is 3.59. The Morgan fingerprint density at radius 1 is 0.729 bits per heavy atom. The third-order valence-electron chi connectivity index (χ3n) is 8.66. The SMILES string of the molecule is CC/C=C\C/C=C\C/C=C\CCCCCC(=O)NC(COC1OC(CO)C(O)C(O)C1O)C(O)/C=C/CCCCCCCCCCCC. The van der Waals surface area contributed by atoms with Crippen LogP contribution in [-0.4, -0.2) is 87.5 Å². The van der Waals surface area contributed by atoms with Gasteiger partial charge < -0.3 is 40.3 Å². The van der Waals surface area contributed by atoms with Crippen molar-refractivity contribution >= 4 is 5.91 Å². The van der Waals surface area contributed by atoms with Crippen molar-refractivity contribution < 1.29 is 39.8 Å². The minimum absolute atomic E-state index is 0.202. The lowest BCUT2D eigenvalue weighted by Crippen LogP contribution is -2.60. The molecule has 0 aliphatic carbocycles. The molecular weight excluding hydrogens is 610 g/mol. The molecule has 0 bridgehead atoms. The summed E-state index contributed by atoms with van der Waals surface area (Å²) in [6.07, 6.45) is 28.7. The lowest BCUT2D eigenvalue weighted by molar-refractivity contribution is -0.302. The fourth-order valence-corrected chi connectivity index (χ4v) is 5.58. The average molecular weight is 680 g/mol. The summed E-state index contributed by atoms with van der Waals surface area (Å²) >= 11 is 0. The number of aliphatic hydroxyl groups is 5. The molecule has 7 unspecified atom stereocenters. The molecule has 0 saturated carbocycles. The summed E-state index contributed by atoms with van der Waals surface area (Å²) in [4.78, 5) is 12.8. The van der Waals surface area contributed by atoms with E-state index in [0.29, 0.717) is 12.8 Å². The minimum atomic E-state index is -1.57. The molecule has 48 heavy (non-hydrogen) atoms. The Morgan fingerprint density at radius 3 is 1.92 bits per heavy atom. The Hall–Kier alpha value is -1.85. The van der Waals surface area contributed by atoms with E-state index in [2.05, 4.69) is 55.6 Å². The van der Waals surface area contributed by atoms with E-state index >= 15 is 0 Å². The van der Waals surface area contributed by atoms with E-state index in [1.165, 1.54) is 51.4 Å². The Balaban J connectivity index is 2.51. The summed E-state index contributed by atoms with van der Waals surface area (Å²) < 4.78 is 11.1. The molecule has 1 aliphatic heterocycles. The minimum Gasteiger partial charge on any atom is -0.394 e. The van der Waals surface area contributed by atoms with Crippen LogP contribution in [0.5, 0.6) is 0 Å². The van der Waals surface area contributed by atoms with Crippen molar-refractivity contribution in [2.24, 2.45) is 0 Å². The van der Waals surface area contributed by atoms with Gasteiger partial charge in [-0.25, -0.2) is 0 Å². The number of carbonyl (C=O) groups excluding carboxylic acids is 1. The van der Waals surface area contributed by atoms with Crippen molar-refractivity contribution in [3.63, 3.8) is 0 Å². The Bertz CT molecular complexity index is 889. The first-order chi connectivity index (χ1) is 23.3. The standard InChI is InChI=1S/C39H69NO8/c1-3-5-7-9-11-13-15-17-19-21-23-25-27-29-35(43)40-32(31-47-39-38(46)37(45)36(44)34(30-41)48-39)33(42)28-26-24-22-20-18-16-14-12-10-8-6-4-2/h5,7,11,13,17,19,26,28,32-34,36-39,41-42,44-46H,3-4,6,8-10,12,14-16,18,20-25,27,29-31H2,1-2H3,(H,40,43)/b7-5-,13-11-,19-17-,28-26+. The van der Waals surface area contributed by atoms with Gasteiger partial charge in [-0.15, -0.1) is 0 Å². The molecule has 1 fully saturated rings. The molecule has 9 heteroatoms. The molecule has 0 spiro atoms. The van der Waals surface area contributed by atoms with Gasteiger partial charge in [-0.3, -0.25) is 4.79 Å². The number of unbranched alkanes of at least 4 members (excludes halogenated alkanes) is 13. The van der Waals surface area contributed by atoms with E-state index in [0.717, 1.165) is 57.8 Å². The number of hydrogen-bond acceptors (Lipinski definition) is 8. The Kier molecular flexibility index (Phi) is 27.6. The number of rotatable bonds is 29. The highest BCUT2D eigenvalue weighted by atomic mass is 16.7. The van der Waals surface area contributed by atoms with Crippen molar-refractivity contribution in [3.8, 4) is 0 Å². The van der Waals surface area contributed by atoms with Crippen LogP contribution in [-0.2, 0) is 14.3 Å². The molecule has 1 aliphatic rings. The van der Waals surface area contributed by atoms with Crippen LogP contribution in [0.15, 0.2) is 48.6 Å². The molecule has 0 radical (unpaired) electrons. The highest BCUT2D eigenvalue weighted by Crippen LogP contribution is 2.22. The first-order valence-corrected chi connectivity index (χ1v) is 18.9. The molecule has 1 rings (SSSR count). The maximum absolute atomic E-state index is 12.8. The van der Waals surface area contributed by atoms with Crippen LogP contribution >= 0.6 is 0 Å². The van der Waals surface area contributed by atoms with Gasteiger partial charge >= 0.3 is 0 Å². The van der Waals surface area contributed by atoms with Crippen molar-refractivity contribution in [3.05, 3.63) is 48.6 Å². The number of ether oxygens (including phenoxy) is 2. The van der Waals surface area contributed by atoms with Gasteiger partial charge in [0.1, 0.15) is 24.4 Å². The van der Waals surface area contributed by atoms with E-state index in [-0.39, 0.29) is 12.5 Å². The second kappa shape index (κ2) is 30.0. The molecule has 278 valence electrons. The van der Waals surface area contributed by atoms with Crippen molar-refractivity contribution in [1.82, 2.24) is 5.32 Å². The van der Waals surface area contributed by atoms with E-state index in [1.807, 2.05) is 6.08 Å². The van der Waals surface area contributed by atoms with Crippen LogP contribution in [0.3, 0.4) is 0 Å². The molecule has 0 aromatic carbocycles. The summed E-state index contributed by atoms with van der Waals surface area (Å²) in [5.74, 6) is -0.211. The summed E-state index contributed by atoms with van der Waals surface area (Å²) in [7, 11) is 0. The highest BCUT2D eigenvalue weighted by Gasteiger charge is 2.44. The van der Waals surface area contributed by atoms with Gasteiger partial charge in [0.15, 0.2) is 6.29 Å². The van der Waals surface area contributed by atoms with Gasteiger partial charge in [0, 0.05) is 6.42 Å². The molecule has 1 amide bonds. The lowest BCUT2D eigenvalue weighted by Gasteiger charge is -2.40. The quantitative estimate of drug-likeness (QED) is 0.0397. The second-order valence-electron chi connectivity index (χ2n) is 13.0. The number of carbonyl (C=O) groups is 1. The number of allylic oxidation sites excluding steroid dienone is 7. The monoisotopic (exact) mass is 680 g/mol. The van der Waals surface area contributed by atoms with Gasteiger partial charge in [0.25, 0.3) is 0 Å². The van der Waals surface area contributed by atoms with Gasteiger partial charge in [0.05, 0.1) is 25.4 Å². The van der Waals surface area contributed by atoms with Crippen molar-refractivity contribution in [2.45, 2.75) is 179 Å². The number of aliphatic hydroxyl groups excluding tert-OH is 5. The van der Waals surface area contributed by atoms with E-state index in [4.69, 9.17) is 9.47 Å². The maximum Gasteiger partial charge on any atom is 0.220 e.